The number of aryl methyl sites for hydroxylation is 1. The molecule has 2 aliphatic heterocycles. The first-order chi connectivity index (χ1) is 13.7. The third-order valence-corrected chi connectivity index (χ3v) is 6.23. The SMILES string of the molecule is Cc1ccccc1N1CCN(C2CCCN(C(=O)Cc3ccccc3)C2)CC1. The minimum absolute atomic E-state index is 0.273. The summed E-state index contributed by atoms with van der Waals surface area (Å²) < 4.78 is 0. The number of carbonyl (C=O) groups excluding carboxylic acids is 1. The van der Waals surface area contributed by atoms with E-state index in [1.807, 2.05) is 30.3 Å². The van der Waals surface area contributed by atoms with Crippen LogP contribution in [0.1, 0.15) is 24.0 Å². The first kappa shape index (κ1) is 19.0. The van der Waals surface area contributed by atoms with Crippen LogP contribution in [0.3, 0.4) is 0 Å². The Labute approximate surface area is 168 Å². The van der Waals surface area contributed by atoms with E-state index < -0.39 is 0 Å². The highest BCUT2D eigenvalue weighted by Crippen LogP contribution is 2.23. The lowest BCUT2D eigenvalue weighted by atomic mass is 10.0. The summed E-state index contributed by atoms with van der Waals surface area (Å²) in [6, 6.07) is 19.3. The number of piperidine rings is 1. The van der Waals surface area contributed by atoms with Crippen LogP contribution >= 0.6 is 0 Å². The second-order valence-corrected chi connectivity index (χ2v) is 8.11. The van der Waals surface area contributed by atoms with E-state index in [1.54, 1.807) is 0 Å². The number of benzene rings is 2. The molecule has 2 saturated heterocycles. The molecule has 2 fully saturated rings. The van der Waals surface area contributed by atoms with Gasteiger partial charge in [0.25, 0.3) is 0 Å². The number of likely N-dealkylation sites (tertiary alicyclic amines) is 1. The van der Waals surface area contributed by atoms with E-state index >= 15 is 0 Å². The minimum atomic E-state index is 0.273. The molecule has 0 radical (unpaired) electrons. The molecule has 4 heteroatoms. The molecule has 2 heterocycles. The zero-order chi connectivity index (χ0) is 19.3. The Kier molecular flexibility index (Phi) is 5.96. The van der Waals surface area contributed by atoms with Crippen molar-refractivity contribution in [2.45, 2.75) is 32.2 Å². The molecular formula is C24H31N3O. The number of piperazine rings is 1. The Morgan fingerprint density at radius 2 is 1.64 bits per heavy atom. The van der Waals surface area contributed by atoms with Gasteiger partial charge in [-0.3, -0.25) is 9.69 Å². The summed E-state index contributed by atoms with van der Waals surface area (Å²) in [5.74, 6) is 0.273. The summed E-state index contributed by atoms with van der Waals surface area (Å²) in [4.78, 5) is 20.0. The fraction of sp³-hybridized carbons (Fsp3) is 0.458. The average molecular weight is 378 g/mol. The summed E-state index contributed by atoms with van der Waals surface area (Å²) in [6.45, 7) is 8.29. The smallest absolute Gasteiger partial charge is 0.227 e. The molecule has 0 aromatic heterocycles. The maximum Gasteiger partial charge on any atom is 0.227 e. The Hall–Kier alpha value is -2.33. The number of hydrogen-bond acceptors (Lipinski definition) is 3. The largest absolute Gasteiger partial charge is 0.369 e. The molecule has 0 spiro atoms. The van der Waals surface area contributed by atoms with Crippen LogP contribution in [0, 0.1) is 6.92 Å². The normalized spacial score (nSPS) is 21.0. The third kappa shape index (κ3) is 4.39. The molecule has 0 N–H and O–H groups in total. The highest BCUT2D eigenvalue weighted by atomic mass is 16.2. The average Bonchev–Trinajstić information content (AvgIpc) is 2.75. The Bertz CT molecular complexity index is 783. The number of carbonyl (C=O) groups is 1. The molecule has 1 amide bonds. The van der Waals surface area contributed by atoms with Crippen LogP contribution in [0.15, 0.2) is 54.6 Å². The van der Waals surface area contributed by atoms with Crippen LogP contribution in [0.5, 0.6) is 0 Å². The molecule has 2 aromatic carbocycles. The molecule has 2 aliphatic rings. The molecule has 4 nitrogen and oxygen atoms in total. The van der Waals surface area contributed by atoms with Gasteiger partial charge in [-0.1, -0.05) is 48.5 Å². The number of rotatable bonds is 4. The predicted octanol–water partition coefficient (Wildman–Crippen LogP) is 3.35. The van der Waals surface area contributed by atoms with Gasteiger partial charge < -0.3 is 9.80 Å². The molecule has 2 aromatic rings. The van der Waals surface area contributed by atoms with Gasteiger partial charge in [0.15, 0.2) is 0 Å². The van der Waals surface area contributed by atoms with Crippen LogP contribution in [0.2, 0.25) is 0 Å². The molecule has 28 heavy (non-hydrogen) atoms. The van der Waals surface area contributed by atoms with Crippen molar-refractivity contribution in [1.82, 2.24) is 9.80 Å². The number of nitrogens with zero attached hydrogens (tertiary/aromatic N) is 3. The van der Waals surface area contributed by atoms with E-state index in [9.17, 15) is 4.79 Å². The van der Waals surface area contributed by atoms with Crippen molar-refractivity contribution in [2.75, 3.05) is 44.2 Å². The number of anilines is 1. The Morgan fingerprint density at radius 3 is 2.39 bits per heavy atom. The minimum Gasteiger partial charge on any atom is -0.369 e. The maximum absolute atomic E-state index is 12.8. The van der Waals surface area contributed by atoms with E-state index in [-0.39, 0.29) is 5.91 Å². The Balaban J connectivity index is 1.32. The van der Waals surface area contributed by atoms with Crippen molar-refractivity contribution in [3.05, 3.63) is 65.7 Å². The van der Waals surface area contributed by atoms with Crippen molar-refractivity contribution in [2.24, 2.45) is 0 Å². The van der Waals surface area contributed by atoms with Crippen LogP contribution in [0.4, 0.5) is 5.69 Å². The number of hydrogen-bond donors (Lipinski definition) is 0. The molecular weight excluding hydrogens is 346 g/mol. The van der Waals surface area contributed by atoms with Gasteiger partial charge >= 0.3 is 0 Å². The summed E-state index contributed by atoms with van der Waals surface area (Å²) >= 11 is 0. The monoisotopic (exact) mass is 377 g/mol. The predicted molar refractivity (Wildman–Crippen MR) is 115 cm³/mol. The van der Waals surface area contributed by atoms with Gasteiger partial charge in [0, 0.05) is 51.0 Å². The summed E-state index contributed by atoms with van der Waals surface area (Å²) in [5, 5.41) is 0. The van der Waals surface area contributed by atoms with Gasteiger partial charge in [-0.25, -0.2) is 0 Å². The first-order valence-electron chi connectivity index (χ1n) is 10.6. The molecule has 1 atom stereocenters. The number of para-hydroxylation sites is 1. The van der Waals surface area contributed by atoms with Crippen molar-refractivity contribution in [3.63, 3.8) is 0 Å². The molecule has 1 unspecified atom stereocenters. The van der Waals surface area contributed by atoms with Crippen LogP contribution in [0.25, 0.3) is 0 Å². The standard InChI is InChI=1S/C24H31N3O/c1-20-8-5-6-12-23(20)26-16-14-25(15-17-26)22-11-7-13-27(19-22)24(28)18-21-9-3-2-4-10-21/h2-6,8-10,12,22H,7,11,13-19H2,1H3. The Morgan fingerprint density at radius 1 is 0.929 bits per heavy atom. The number of amides is 1. The van der Waals surface area contributed by atoms with Crippen LogP contribution < -0.4 is 4.90 Å². The second kappa shape index (κ2) is 8.78. The van der Waals surface area contributed by atoms with Crippen LogP contribution in [-0.4, -0.2) is 61.0 Å². The van der Waals surface area contributed by atoms with Gasteiger partial charge in [-0.2, -0.15) is 0 Å². The van der Waals surface area contributed by atoms with Crippen molar-refractivity contribution >= 4 is 11.6 Å². The quantitative estimate of drug-likeness (QED) is 0.818. The fourth-order valence-electron chi connectivity index (χ4n) is 4.61. The van der Waals surface area contributed by atoms with Gasteiger partial charge in [0.2, 0.25) is 5.91 Å². The first-order valence-corrected chi connectivity index (χ1v) is 10.6. The summed E-state index contributed by atoms with van der Waals surface area (Å²) in [6.07, 6.45) is 2.84. The van der Waals surface area contributed by atoms with E-state index in [1.165, 1.54) is 17.7 Å². The fourth-order valence-corrected chi connectivity index (χ4v) is 4.61. The molecule has 0 bridgehead atoms. The second-order valence-electron chi connectivity index (χ2n) is 8.11. The highest BCUT2D eigenvalue weighted by molar-refractivity contribution is 5.78. The lowest BCUT2D eigenvalue weighted by Gasteiger charge is -2.44. The third-order valence-electron chi connectivity index (χ3n) is 6.23. The topological polar surface area (TPSA) is 26.8 Å². The van der Waals surface area contributed by atoms with Gasteiger partial charge in [0.05, 0.1) is 6.42 Å². The highest BCUT2D eigenvalue weighted by Gasteiger charge is 2.30. The zero-order valence-corrected chi connectivity index (χ0v) is 16.9. The van der Waals surface area contributed by atoms with Gasteiger partial charge in [0.1, 0.15) is 0 Å². The van der Waals surface area contributed by atoms with Crippen molar-refractivity contribution in [3.8, 4) is 0 Å². The molecule has 4 rings (SSSR count). The maximum atomic E-state index is 12.8. The summed E-state index contributed by atoms with van der Waals surface area (Å²) in [5.41, 5.74) is 3.83. The van der Waals surface area contributed by atoms with E-state index in [4.69, 9.17) is 0 Å². The lowest BCUT2D eigenvalue weighted by Crippen LogP contribution is -2.56. The zero-order valence-electron chi connectivity index (χ0n) is 16.9. The van der Waals surface area contributed by atoms with Crippen molar-refractivity contribution < 1.29 is 4.79 Å². The van der Waals surface area contributed by atoms with Crippen LogP contribution in [-0.2, 0) is 11.2 Å². The van der Waals surface area contributed by atoms with Gasteiger partial charge in [-0.05, 0) is 37.0 Å². The van der Waals surface area contributed by atoms with E-state index in [2.05, 4.69) is 45.9 Å². The van der Waals surface area contributed by atoms with E-state index in [0.29, 0.717) is 12.5 Å². The van der Waals surface area contributed by atoms with Crippen molar-refractivity contribution in [1.29, 1.82) is 0 Å². The lowest BCUT2D eigenvalue weighted by molar-refractivity contribution is -0.132. The molecule has 148 valence electrons. The van der Waals surface area contributed by atoms with Gasteiger partial charge in [-0.15, -0.1) is 0 Å². The molecule has 0 saturated carbocycles. The summed E-state index contributed by atoms with van der Waals surface area (Å²) in [7, 11) is 0. The van der Waals surface area contributed by atoms with E-state index in [0.717, 1.165) is 51.3 Å². The molecule has 0 aliphatic carbocycles.